The number of ether oxygens (including phenoxy) is 1. The van der Waals surface area contributed by atoms with Crippen LogP contribution in [0.2, 0.25) is 0 Å². The van der Waals surface area contributed by atoms with E-state index in [0.29, 0.717) is 12.6 Å². The van der Waals surface area contributed by atoms with Crippen LogP contribution in [0.25, 0.3) is 0 Å². The predicted octanol–water partition coefficient (Wildman–Crippen LogP) is 3.32. The first-order valence-electron chi connectivity index (χ1n) is 8.35. The number of rotatable bonds is 5. The van der Waals surface area contributed by atoms with Crippen molar-refractivity contribution in [1.29, 1.82) is 0 Å². The molecule has 4 heteroatoms. The lowest BCUT2D eigenvalue weighted by atomic mass is 9.76. The highest BCUT2D eigenvalue weighted by Gasteiger charge is 2.50. The number of carbonyl (C=O) groups is 1. The Kier molecular flexibility index (Phi) is 5.11. The van der Waals surface area contributed by atoms with Gasteiger partial charge in [-0.25, -0.2) is 4.39 Å². The molecule has 124 valence electrons. The number of alkyl halides is 1. The van der Waals surface area contributed by atoms with E-state index in [1.807, 2.05) is 24.3 Å². The minimum atomic E-state index is -0.434. The van der Waals surface area contributed by atoms with E-state index in [4.69, 9.17) is 4.74 Å². The first-order valence-corrected chi connectivity index (χ1v) is 8.35. The molecule has 0 aliphatic carbocycles. The molecule has 0 spiro atoms. The summed E-state index contributed by atoms with van der Waals surface area (Å²) >= 11 is 0. The zero-order valence-corrected chi connectivity index (χ0v) is 13.5. The lowest BCUT2D eigenvalue weighted by molar-refractivity contribution is -0.150. The number of hydrogen-bond donors (Lipinski definition) is 0. The van der Waals surface area contributed by atoms with Crippen molar-refractivity contribution in [2.75, 3.05) is 20.3 Å². The Balaban J connectivity index is 1.87. The minimum absolute atomic E-state index is 0.122. The van der Waals surface area contributed by atoms with Gasteiger partial charge in [-0.3, -0.25) is 9.69 Å². The van der Waals surface area contributed by atoms with Gasteiger partial charge in [-0.15, -0.1) is 0 Å². The Labute approximate surface area is 137 Å². The largest absolute Gasteiger partial charge is 0.469 e. The number of carbonyl (C=O) groups excluding carboxylic acids is 1. The normalized spacial score (nSPS) is 30.7. The third kappa shape index (κ3) is 3.18. The average Bonchev–Trinajstić information content (AvgIpc) is 2.87. The molecule has 2 saturated heterocycles. The van der Waals surface area contributed by atoms with Crippen LogP contribution in [0, 0.1) is 5.92 Å². The maximum absolute atomic E-state index is 12.5. The van der Waals surface area contributed by atoms with Gasteiger partial charge in [0.1, 0.15) is 6.67 Å². The van der Waals surface area contributed by atoms with Crippen molar-refractivity contribution in [1.82, 2.24) is 4.90 Å². The van der Waals surface area contributed by atoms with Gasteiger partial charge in [0.15, 0.2) is 0 Å². The lowest BCUT2D eigenvalue weighted by Crippen LogP contribution is -2.50. The molecule has 0 N–H and O–H groups in total. The monoisotopic (exact) mass is 316 g/mol. The van der Waals surface area contributed by atoms with E-state index >= 15 is 0 Å². The summed E-state index contributed by atoms with van der Waals surface area (Å²) in [5.74, 6) is -0.0499. The Morgan fingerprint density at radius 3 is 2.78 bits per heavy atom. The summed E-state index contributed by atoms with van der Waals surface area (Å²) in [6.45, 7) is 0.282. The molecule has 0 aromatic heterocycles. The quantitative estimate of drug-likeness (QED) is 0.616. The number of methoxy groups -OCH3 is 1. The Hall–Kier alpha value is -1.68. The topological polar surface area (TPSA) is 29.5 Å². The van der Waals surface area contributed by atoms with Crippen molar-refractivity contribution in [3.63, 3.8) is 0 Å². The van der Waals surface area contributed by atoms with Crippen molar-refractivity contribution in [3.05, 3.63) is 48.0 Å². The van der Waals surface area contributed by atoms with Gasteiger partial charge in [0.2, 0.25) is 0 Å². The molecule has 3 nitrogen and oxygen atoms in total. The molecular formula is C19H24FNO2. The highest BCUT2D eigenvalue weighted by Crippen LogP contribution is 2.47. The second-order valence-electron chi connectivity index (χ2n) is 6.42. The standard InChI is InChI=1S/C19H24FNO2/c1-23-19(22)18-16(14-7-3-2-4-8-14)13-15-9-10-17(18)21(15)12-6-5-11-20/h2-8,15-18H,9-13H2,1H3/b6-5+/i20-1. The fourth-order valence-electron chi connectivity index (χ4n) is 4.36. The van der Waals surface area contributed by atoms with Gasteiger partial charge in [-0.2, -0.15) is 0 Å². The number of hydrogen-bond acceptors (Lipinski definition) is 3. The second-order valence-corrected chi connectivity index (χ2v) is 6.42. The molecule has 4 atom stereocenters. The van der Waals surface area contributed by atoms with Crippen LogP contribution in [0.5, 0.6) is 0 Å². The number of piperidine rings is 1. The third-order valence-electron chi connectivity index (χ3n) is 5.34. The summed E-state index contributed by atoms with van der Waals surface area (Å²) in [5.41, 5.74) is 1.22. The van der Waals surface area contributed by atoms with Crippen LogP contribution in [0.15, 0.2) is 42.5 Å². The summed E-state index contributed by atoms with van der Waals surface area (Å²) in [6.07, 6.45) is 6.50. The molecule has 0 amide bonds. The molecule has 1 aromatic carbocycles. The Bertz CT molecular complexity index is 560. The Morgan fingerprint density at radius 1 is 1.30 bits per heavy atom. The fraction of sp³-hybridized carbons (Fsp3) is 0.526. The highest BCUT2D eigenvalue weighted by molar-refractivity contribution is 5.75. The van der Waals surface area contributed by atoms with E-state index in [0.717, 1.165) is 19.3 Å². The lowest BCUT2D eigenvalue weighted by Gasteiger charge is -2.43. The van der Waals surface area contributed by atoms with Gasteiger partial charge in [-0.05, 0) is 24.8 Å². The molecule has 1 aromatic rings. The van der Waals surface area contributed by atoms with Gasteiger partial charge in [-0.1, -0.05) is 42.5 Å². The van der Waals surface area contributed by atoms with E-state index in [9.17, 15) is 9.18 Å². The number of halogens is 1. The number of fused-ring (bicyclic) bond motifs is 2. The maximum atomic E-state index is 12.5. The summed E-state index contributed by atoms with van der Waals surface area (Å²) in [7, 11) is 1.47. The molecule has 0 radical (unpaired) electrons. The molecule has 2 aliphatic heterocycles. The SMILES string of the molecule is COC(=O)C1C(c2ccccc2)CC2CCC1N2C/C=C/C[18F]. The van der Waals surface area contributed by atoms with Gasteiger partial charge >= 0.3 is 5.97 Å². The fourth-order valence-corrected chi connectivity index (χ4v) is 4.36. The molecule has 2 bridgehead atoms. The zero-order valence-electron chi connectivity index (χ0n) is 13.5. The van der Waals surface area contributed by atoms with Crippen molar-refractivity contribution in [2.45, 2.75) is 37.3 Å². The van der Waals surface area contributed by atoms with E-state index in [2.05, 4.69) is 17.0 Å². The van der Waals surface area contributed by atoms with Crippen molar-refractivity contribution in [2.24, 2.45) is 5.92 Å². The summed E-state index contributed by atoms with van der Waals surface area (Å²) < 4.78 is 17.4. The molecule has 2 aliphatic rings. The maximum Gasteiger partial charge on any atom is 0.310 e. The van der Waals surface area contributed by atoms with E-state index in [1.54, 1.807) is 6.08 Å². The number of esters is 1. The van der Waals surface area contributed by atoms with Crippen LogP contribution in [0.4, 0.5) is 4.39 Å². The van der Waals surface area contributed by atoms with E-state index < -0.39 is 6.67 Å². The number of allylic oxidation sites excluding steroid dienone is 1. The molecule has 0 saturated carbocycles. The molecule has 3 rings (SSSR count). The van der Waals surface area contributed by atoms with Gasteiger partial charge in [0, 0.05) is 24.5 Å². The van der Waals surface area contributed by atoms with Crippen LogP contribution in [-0.4, -0.2) is 43.3 Å². The van der Waals surface area contributed by atoms with Gasteiger partial charge in [0.25, 0.3) is 0 Å². The second kappa shape index (κ2) is 7.26. The minimum Gasteiger partial charge on any atom is -0.469 e. The Morgan fingerprint density at radius 2 is 2.09 bits per heavy atom. The molecule has 2 heterocycles. The first-order chi connectivity index (χ1) is 11.3. The van der Waals surface area contributed by atoms with Crippen LogP contribution in [0.3, 0.4) is 0 Å². The van der Waals surface area contributed by atoms with Crippen LogP contribution in [-0.2, 0) is 9.53 Å². The molecule has 4 unspecified atom stereocenters. The predicted molar refractivity (Wildman–Crippen MR) is 87.9 cm³/mol. The third-order valence-corrected chi connectivity index (χ3v) is 5.34. The van der Waals surface area contributed by atoms with E-state index in [1.165, 1.54) is 12.7 Å². The van der Waals surface area contributed by atoms with Crippen molar-refractivity contribution >= 4 is 5.97 Å². The summed E-state index contributed by atoms with van der Waals surface area (Å²) in [4.78, 5) is 14.9. The van der Waals surface area contributed by atoms with Crippen molar-refractivity contribution in [3.8, 4) is 0 Å². The first kappa shape index (κ1) is 16.2. The molecule has 23 heavy (non-hydrogen) atoms. The van der Waals surface area contributed by atoms with Crippen LogP contribution < -0.4 is 0 Å². The average molecular weight is 316 g/mol. The smallest absolute Gasteiger partial charge is 0.310 e. The summed E-state index contributed by atoms with van der Waals surface area (Å²) in [6, 6.07) is 10.9. The van der Waals surface area contributed by atoms with Crippen molar-refractivity contribution < 1.29 is 13.9 Å². The number of nitrogens with zero attached hydrogens (tertiary/aromatic N) is 1. The van der Waals surface area contributed by atoms with Gasteiger partial charge < -0.3 is 4.74 Å². The summed E-state index contributed by atoms with van der Waals surface area (Å²) in [5, 5.41) is 0. The van der Waals surface area contributed by atoms with Crippen LogP contribution >= 0.6 is 0 Å². The molecule has 2 fully saturated rings. The highest BCUT2D eigenvalue weighted by atomic mass is 18.2. The van der Waals surface area contributed by atoms with Crippen LogP contribution in [0.1, 0.15) is 30.7 Å². The number of benzene rings is 1. The van der Waals surface area contributed by atoms with Gasteiger partial charge in [0.05, 0.1) is 13.0 Å². The van der Waals surface area contributed by atoms with E-state index in [-0.39, 0.29) is 23.8 Å². The molecular weight excluding hydrogens is 292 g/mol. The zero-order chi connectivity index (χ0) is 16.2.